The van der Waals surface area contributed by atoms with Gasteiger partial charge in [-0.2, -0.15) is 0 Å². The van der Waals surface area contributed by atoms with Crippen molar-refractivity contribution < 1.29 is 10.0 Å². The lowest BCUT2D eigenvalue weighted by Gasteiger charge is -2.04. The fourth-order valence-corrected chi connectivity index (χ4v) is 1.31. The Labute approximate surface area is 88.7 Å². The van der Waals surface area contributed by atoms with Crippen molar-refractivity contribution in [2.45, 2.75) is 5.88 Å². The number of aromatic hydroxyl groups is 1. The summed E-state index contributed by atoms with van der Waals surface area (Å²) in [6.45, 7) is 0. The van der Waals surface area contributed by atoms with Crippen LogP contribution in [0.15, 0.2) is 17.2 Å². The number of azide groups is 1. The van der Waals surface area contributed by atoms with Crippen LogP contribution in [0.3, 0.4) is 0 Å². The fourth-order valence-electron chi connectivity index (χ4n) is 1.05. The molecule has 0 aliphatic rings. The van der Waals surface area contributed by atoms with Crippen molar-refractivity contribution >= 4 is 23.0 Å². The Hall–Kier alpha value is -1.98. The number of phenols is 1. The molecule has 0 bridgehead atoms. The first kappa shape index (κ1) is 11.1. The van der Waals surface area contributed by atoms with E-state index in [9.17, 15) is 15.2 Å². The second-order valence-electron chi connectivity index (χ2n) is 2.51. The predicted octanol–water partition coefficient (Wildman–Crippen LogP) is 2.98. The highest BCUT2D eigenvalue weighted by atomic mass is 35.5. The van der Waals surface area contributed by atoms with Gasteiger partial charge in [0, 0.05) is 16.5 Å². The van der Waals surface area contributed by atoms with E-state index in [1.54, 1.807) is 0 Å². The quantitative estimate of drug-likeness (QED) is 0.214. The molecule has 0 aliphatic carbocycles. The number of nitro benzene ring substituents is 1. The molecule has 0 aromatic heterocycles. The number of benzene rings is 1. The summed E-state index contributed by atoms with van der Waals surface area (Å²) in [7, 11) is 0. The van der Waals surface area contributed by atoms with Gasteiger partial charge in [0.15, 0.2) is 0 Å². The van der Waals surface area contributed by atoms with E-state index in [4.69, 9.17) is 17.1 Å². The summed E-state index contributed by atoms with van der Waals surface area (Å²) in [4.78, 5) is 12.3. The molecule has 0 spiro atoms. The second-order valence-corrected chi connectivity index (χ2v) is 2.78. The molecule has 0 fully saturated rings. The van der Waals surface area contributed by atoms with Gasteiger partial charge in [-0.3, -0.25) is 10.1 Å². The second kappa shape index (κ2) is 4.50. The van der Waals surface area contributed by atoms with Crippen LogP contribution in [0.2, 0.25) is 0 Å². The molecule has 0 heterocycles. The highest BCUT2D eigenvalue weighted by Crippen LogP contribution is 2.37. The van der Waals surface area contributed by atoms with Gasteiger partial charge >= 0.3 is 0 Å². The van der Waals surface area contributed by atoms with Gasteiger partial charge in [0.1, 0.15) is 11.4 Å². The number of rotatable bonds is 3. The van der Waals surface area contributed by atoms with Gasteiger partial charge in [-0.15, -0.1) is 11.6 Å². The third-order valence-electron chi connectivity index (χ3n) is 1.71. The number of alkyl halides is 1. The standard InChI is InChI=1S/C7H5ClN4O3/c8-3-4-6(13)2-1-5(12(14)15)7(4)10-11-9/h1-2,13H,3H2. The minimum absolute atomic E-state index is 0.0451. The summed E-state index contributed by atoms with van der Waals surface area (Å²) in [6, 6.07) is 2.18. The average molecular weight is 229 g/mol. The van der Waals surface area contributed by atoms with Gasteiger partial charge < -0.3 is 5.11 Å². The SMILES string of the molecule is [N-]=[N+]=Nc1c([N+](=O)[O-])ccc(O)c1CCl. The van der Waals surface area contributed by atoms with Crippen molar-refractivity contribution in [3.8, 4) is 5.75 Å². The van der Waals surface area contributed by atoms with Crippen molar-refractivity contribution in [2.75, 3.05) is 0 Å². The number of hydrogen-bond acceptors (Lipinski definition) is 4. The first-order valence-electron chi connectivity index (χ1n) is 3.72. The van der Waals surface area contributed by atoms with E-state index in [-0.39, 0.29) is 28.6 Å². The molecule has 7 nitrogen and oxygen atoms in total. The van der Waals surface area contributed by atoms with Gasteiger partial charge in [-0.1, -0.05) is 5.11 Å². The maximum atomic E-state index is 10.6. The number of nitro groups is 1. The van der Waals surface area contributed by atoms with Gasteiger partial charge in [0.05, 0.1) is 10.8 Å². The molecule has 0 unspecified atom stereocenters. The van der Waals surface area contributed by atoms with Gasteiger partial charge in [0.2, 0.25) is 0 Å². The number of hydrogen-bond donors (Lipinski definition) is 1. The van der Waals surface area contributed by atoms with Crippen molar-refractivity contribution in [1.82, 2.24) is 0 Å². The van der Waals surface area contributed by atoms with Crippen LogP contribution >= 0.6 is 11.6 Å². The van der Waals surface area contributed by atoms with Crippen molar-refractivity contribution in [3.05, 3.63) is 38.3 Å². The van der Waals surface area contributed by atoms with Crippen LogP contribution in [-0.4, -0.2) is 10.0 Å². The normalized spacial score (nSPS) is 9.40. The van der Waals surface area contributed by atoms with Crippen LogP contribution in [0.4, 0.5) is 11.4 Å². The Balaban J connectivity index is 3.55. The third-order valence-corrected chi connectivity index (χ3v) is 1.98. The van der Waals surface area contributed by atoms with Crippen molar-refractivity contribution in [3.63, 3.8) is 0 Å². The van der Waals surface area contributed by atoms with E-state index >= 15 is 0 Å². The smallest absolute Gasteiger partial charge is 0.279 e. The molecule has 1 aromatic carbocycles. The third kappa shape index (κ3) is 2.09. The van der Waals surface area contributed by atoms with E-state index in [1.807, 2.05) is 0 Å². The van der Waals surface area contributed by atoms with E-state index in [2.05, 4.69) is 10.0 Å². The Morgan fingerprint density at radius 3 is 2.80 bits per heavy atom. The largest absolute Gasteiger partial charge is 0.508 e. The van der Waals surface area contributed by atoms with E-state index < -0.39 is 4.92 Å². The van der Waals surface area contributed by atoms with Crippen LogP contribution in [-0.2, 0) is 5.88 Å². The van der Waals surface area contributed by atoms with E-state index in [0.717, 1.165) is 12.1 Å². The topological polar surface area (TPSA) is 112 Å². The highest BCUT2D eigenvalue weighted by Gasteiger charge is 2.18. The van der Waals surface area contributed by atoms with E-state index in [1.165, 1.54) is 0 Å². The zero-order chi connectivity index (χ0) is 11.4. The maximum absolute atomic E-state index is 10.6. The van der Waals surface area contributed by atoms with Crippen LogP contribution in [0.1, 0.15) is 5.56 Å². The molecule has 0 saturated carbocycles. The van der Waals surface area contributed by atoms with Crippen molar-refractivity contribution in [2.24, 2.45) is 5.11 Å². The summed E-state index contributed by atoms with van der Waals surface area (Å²) in [6.07, 6.45) is 0. The molecule has 0 aliphatic heterocycles. The molecule has 1 aromatic rings. The summed E-state index contributed by atoms with van der Waals surface area (Å²) < 4.78 is 0. The fraction of sp³-hybridized carbons (Fsp3) is 0.143. The molecule has 1 rings (SSSR count). The summed E-state index contributed by atoms with van der Waals surface area (Å²) in [5, 5.41) is 23.1. The first-order chi connectivity index (χ1) is 7.11. The predicted molar refractivity (Wildman–Crippen MR) is 53.1 cm³/mol. The number of nitrogens with zero attached hydrogens (tertiary/aromatic N) is 4. The molecule has 0 saturated heterocycles. The number of phenolic OH excluding ortho intramolecular Hbond substituents is 1. The monoisotopic (exact) mass is 228 g/mol. The molecule has 1 N–H and O–H groups in total. The Morgan fingerprint density at radius 1 is 1.67 bits per heavy atom. The molecular formula is C7H5ClN4O3. The average Bonchev–Trinajstić information content (AvgIpc) is 2.18. The summed E-state index contributed by atoms with van der Waals surface area (Å²) >= 11 is 5.48. The number of halogens is 1. The summed E-state index contributed by atoms with van der Waals surface area (Å²) in [5.41, 5.74) is 7.65. The van der Waals surface area contributed by atoms with E-state index in [0.29, 0.717) is 0 Å². The molecule has 0 atom stereocenters. The summed E-state index contributed by atoms with van der Waals surface area (Å²) in [5.74, 6) is -0.417. The lowest BCUT2D eigenvalue weighted by atomic mass is 10.1. The zero-order valence-corrected chi connectivity index (χ0v) is 8.05. The van der Waals surface area contributed by atoms with Gasteiger partial charge in [-0.05, 0) is 11.6 Å². The molecule has 0 radical (unpaired) electrons. The maximum Gasteiger partial charge on any atom is 0.279 e. The van der Waals surface area contributed by atoms with Crippen LogP contribution in [0.5, 0.6) is 5.75 Å². The lowest BCUT2D eigenvalue weighted by molar-refractivity contribution is -0.384. The molecule has 78 valence electrons. The van der Waals surface area contributed by atoms with Gasteiger partial charge in [0.25, 0.3) is 5.69 Å². The molecule has 0 amide bonds. The van der Waals surface area contributed by atoms with Crippen molar-refractivity contribution in [1.29, 1.82) is 0 Å². The Kier molecular flexibility index (Phi) is 3.33. The molecular weight excluding hydrogens is 224 g/mol. The molecule has 8 heteroatoms. The zero-order valence-electron chi connectivity index (χ0n) is 7.29. The van der Waals surface area contributed by atoms with Crippen LogP contribution < -0.4 is 0 Å². The highest BCUT2D eigenvalue weighted by molar-refractivity contribution is 6.17. The molecule has 15 heavy (non-hydrogen) atoms. The van der Waals surface area contributed by atoms with Crippen LogP contribution in [0, 0.1) is 10.1 Å². The van der Waals surface area contributed by atoms with Crippen LogP contribution in [0.25, 0.3) is 10.4 Å². The lowest BCUT2D eigenvalue weighted by Crippen LogP contribution is -1.91. The minimum Gasteiger partial charge on any atom is -0.508 e. The first-order valence-corrected chi connectivity index (χ1v) is 4.25. The Bertz CT molecular complexity index is 456. The Morgan fingerprint density at radius 2 is 2.33 bits per heavy atom. The van der Waals surface area contributed by atoms with Gasteiger partial charge in [-0.25, -0.2) is 0 Å². The minimum atomic E-state index is -0.709.